The van der Waals surface area contributed by atoms with Crippen LogP contribution in [0.25, 0.3) is 10.8 Å². The van der Waals surface area contributed by atoms with Crippen LogP contribution < -0.4 is 0 Å². The highest BCUT2D eigenvalue weighted by Gasteiger charge is 2.39. The molecule has 0 radical (unpaired) electrons. The number of nitro groups is 1. The number of alkyl halides is 3. The van der Waals surface area contributed by atoms with E-state index in [9.17, 15) is 23.3 Å². The third kappa shape index (κ3) is 1.91. The van der Waals surface area contributed by atoms with Crippen LogP contribution in [0.5, 0.6) is 0 Å². The van der Waals surface area contributed by atoms with Crippen molar-refractivity contribution in [2.45, 2.75) is 6.18 Å². The topological polar surface area (TPSA) is 56.0 Å². The van der Waals surface area contributed by atoms with Gasteiger partial charge in [-0.05, 0) is 17.5 Å². The van der Waals surface area contributed by atoms with Crippen molar-refractivity contribution in [2.24, 2.45) is 0 Å². The van der Waals surface area contributed by atoms with Crippen LogP contribution in [-0.2, 0) is 6.18 Å². The van der Waals surface area contributed by atoms with E-state index in [2.05, 4.69) is 4.98 Å². The van der Waals surface area contributed by atoms with Crippen LogP contribution in [0.15, 0.2) is 30.6 Å². The molecule has 0 aliphatic carbocycles. The fourth-order valence-corrected chi connectivity index (χ4v) is 1.57. The fourth-order valence-electron chi connectivity index (χ4n) is 1.57. The molecule has 0 aliphatic rings. The van der Waals surface area contributed by atoms with Crippen molar-refractivity contribution in [2.75, 3.05) is 0 Å². The summed E-state index contributed by atoms with van der Waals surface area (Å²) in [6, 6.07) is 3.32. The lowest BCUT2D eigenvalue weighted by Gasteiger charge is -2.08. The molecule has 1 heterocycles. The van der Waals surface area contributed by atoms with E-state index in [1.54, 1.807) is 0 Å². The van der Waals surface area contributed by atoms with Crippen LogP contribution in [0, 0.1) is 10.1 Å². The van der Waals surface area contributed by atoms with Crippen LogP contribution in [0.3, 0.4) is 0 Å². The molecule has 88 valence electrons. The molecular formula is C10H5F3N2O2. The van der Waals surface area contributed by atoms with Gasteiger partial charge < -0.3 is 0 Å². The standard InChI is InChI=1S/C10H5F3N2O2/c11-10(12,13)8-2-1-6-3-4-14-5-7(6)9(8)15(16)17/h1-5H. The van der Waals surface area contributed by atoms with E-state index < -0.39 is 22.4 Å². The van der Waals surface area contributed by atoms with Crippen molar-refractivity contribution < 1.29 is 18.1 Å². The second-order valence-electron chi connectivity index (χ2n) is 3.31. The number of nitrogens with zero attached hydrogens (tertiary/aromatic N) is 2. The predicted molar refractivity (Wildman–Crippen MR) is 53.4 cm³/mol. The minimum absolute atomic E-state index is 0.118. The molecule has 2 rings (SSSR count). The minimum Gasteiger partial charge on any atom is -0.264 e. The molecule has 0 spiro atoms. The van der Waals surface area contributed by atoms with Gasteiger partial charge in [-0.3, -0.25) is 15.1 Å². The first kappa shape index (κ1) is 11.3. The highest BCUT2D eigenvalue weighted by Crippen LogP contribution is 2.39. The van der Waals surface area contributed by atoms with E-state index in [0.717, 1.165) is 6.20 Å². The summed E-state index contributed by atoms with van der Waals surface area (Å²) in [5, 5.41) is 11.0. The Morgan fingerprint density at radius 2 is 1.94 bits per heavy atom. The first-order valence-corrected chi connectivity index (χ1v) is 4.49. The number of halogens is 3. The van der Waals surface area contributed by atoms with Crippen molar-refractivity contribution in [3.63, 3.8) is 0 Å². The van der Waals surface area contributed by atoms with Crippen molar-refractivity contribution in [3.05, 3.63) is 46.3 Å². The summed E-state index contributed by atoms with van der Waals surface area (Å²) in [7, 11) is 0. The Bertz CT molecular complexity index is 596. The highest BCUT2D eigenvalue weighted by atomic mass is 19.4. The number of benzene rings is 1. The average Bonchev–Trinajstić information content (AvgIpc) is 2.26. The van der Waals surface area contributed by atoms with Gasteiger partial charge in [0, 0.05) is 12.4 Å². The molecule has 0 unspecified atom stereocenters. The Labute approximate surface area is 92.8 Å². The number of hydrogen-bond donors (Lipinski definition) is 0. The second kappa shape index (κ2) is 3.69. The summed E-state index contributed by atoms with van der Waals surface area (Å²) in [6.07, 6.45) is -2.34. The van der Waals surface area contributed by atoms with E-state index in [1.165, 1.54) is 18.3 Å². The maximum atomic E-state index is 12.6. The van der Waals surface area contributed by atoms with Crippen LogP contribution in [0.4, 0.5) is 18.9 Å². The predicted octanol–water partition coefficient (Wildman–Crippen LogP) is 3.16. The lowest BCUT2D eigenvalue weighted by molar-refractivity contribution is -0.386. The van der Waals surface area contributed by atoms with Gasteiger partial charge in [-0.25, -0.2) is 0 Å². The Balaban J connectivity index is 2.87. The van der Waals surface area contributed by atoms with Gasteiger partial charge in [0.05, 0.1) is 10.3 Å². The van der Waals surface area contributed by atoms with E-state index in [1.807, 2.05) is 0 Å². The van der Waals surface area contributed by atoms with Gasteiger partial charge in [0.15, 0.2) is 0 Å². The summed E-state index contributed by atoms with van der Waals surface area (Å²) in [6.45, 7) is 0. The number of aromatic nitrogens is 1. The van der Waals surface area contributed by atoms with E-state index in [0.29, 0.717) is 11.5 Å². The summed E-state index contributed by atoms with van der Waals surface area (Å²) >= 11 is 0. The fraction of sp³-hybridized carbons (Fsp3) is 0.100. The lowest BCUT2D eigenvalue weighted by Crippen LogP contribution is -2.09. The summed E-state index contributed by atoms with van der Waals surface area (Å²) in [4.78, 5) is 13.3. The summed E-state index contributed by atoms with van der Waals surface area (Å²) in [5.74, 6) is 0. The maximum Gasteiger partial charge on any atom is 0.423 e. The van der Waals surface area contributed by atoms with Gasteiger partial charge in [-0.2, -0.15) is 13.2 Å². The third-order valence-corrected chi connectivity index (χ3v) is 2.28. The molecule has 0 saturated heterocycles. The number of hydrogen-bond acceptors (Lipinski definition) is 3. The molecule has 0 bridgehead atoms. The van der Waals surface area contributed by atoms with Gasteiger partial charge in [-0.15, -0.1) is 0 Å². The lowest BCUT2D eigenvalue weighted by atomic mass is 10.1. The molecule has 0 fully saturated rings. The number of fused-ring (bicyclic) bond motifs is 1. The SMILES string of the molecule is O=[N+]([O-])c1c(C(F)(F)F)ccc2ccncc12. The Kier molecular flexibility index (Phi) is 2.45. The zero-order valence-corrected chi connectivity index (χ0v) is 8.23. The Hall–Kier alpha value is -2.18. The Morgan fingerprint density at radius 1 is 1.24 bits per heavy atom. The molecule has 0 N–H and O–H groups in total. The van der Waals surface area contributed by atoms with Crippen LogP contribution in [-0.4, -0.2) is 9.91 Å². The molecule has 0 aliphatic heterocycles. The average molecular weight is 242 g/mol. The van der Waals surface area contributed by atoms with Crippen molar-refractivity contribution in [3.8, 4) is 0 Å². The van der Waals surface area contributed by atoms with Crippen LogP contribution in [0.2, 0.25) is 0 Å². The molecule has 17 heavy (non-hydrogen) atoms. The third-order valence-electron chi connectivity index (χ3n) is 2.28. The van der Waals surface area contributed by atoms with E-state index in [4.69, 9.17) is 0 Å². The van der Waals surface area contributed by atoms with Crippen LogP contribution in [0.1, 0.15) is 5.56 Å². The second-order valence-corrected chi connectivity index (χ2v) is 3.31. The van der Waals surface area contributed by atoms with Gasteiger partial charge in [0.1, 0.15) is 5.56 Å². The van der Waals surface area contributed by atoms with Gasteiger partial charge >= 0.3 is 6.18 Å². The van der Waals surface area contributed by atoms with Crippen molar-refractivity contribution >= 4 is 16.5 Å². The maximum absolute atomic E-state index is 12.6. The van der Waals surface area contributed by atoms with Gasteiger partial charge in [0.2, 0.25) is 0 Å². The van der Waals surface area contributed by atoms with Crippen LogP contribution >= 0.6 is 0 Å². The van der Waals surface area contributed by atoms with Gasteiger partial charge in [0.25, 0.3) is 5.69 Å². The number of pyridine rings is 1. The summed E-state index contributed by atoms with van der Waals surface area (Å²) < 4.78 is 37.8. The first-order valence-electron chi connectivity index (χ1n) is 4.49. The zero-order chi connectivity index (χ0) is 12.6. The Morgan fingerprint density at radius 3 is 2.53 bits per heavy atom. The molecule has 1 aromatic heterocycles. The summed E-state index contributed by atoms with van der Waals surface area (Å²) in [5.41, 5.74) is -2.22. The first-order chi connectivity index (χ1) is 7.91. The molecule has 0 atom stereocenters. The van der Waals surface area contributed by atoms with Crippen molar-refractivity contribution in [1.29, 1.82) is 0 Å². The molecule has 7 heteroatoms. The molecule has 2 aromatic rings. The normalized spacial score (nSPS) is 11.7. The molecule has 0 saturated carbocycles. The van der Waals surface area contributed by atoms with E-state index >= 15 is 0 Å². The molecular weight excluding hydrogens is 237 g/mol. The zero-order valence-electron chi connectivity index (χ0n) is 8.23. The molecule has 1 aromatic carbocycles. The number of nitro benzene ring substituents is 1. The quantitative estimate of drug-likeness (QED) is 0.570. The van der Waals surface area contributed by atoms with E-state index in [-0.39, 0.29) is 5.39 Å². The molecule has 0 amide bonds. The molecule has 4 nitrogen and oxygen atoms in total. The number of rotatable bonds is 1. The minimum atomic E-state index is -4.76. The highest BCUT2D eigenvalue weighted by molar-refractivity contribution is 5.91. The van der Waals surface area contributed by atoms with Gasteiger partial charge in [-0.1, -0.05) is 6.07 Å². The monoisotopic (exact) mass is 242 g/mol. The van der Waals surface area contributed by atoms with Crippen molar-refractivity contribution in [1.82, 2.24) is 4.98 Å². The largest absolute Gasteiger partial charge is 0.423 e. The smallest absolute Gasteiger partial charge is 0.264 e.